The minimum Gasteiger partial charge on any atom is -0.493 e. The average molecular weight is 347 g/mol. The van der Waals surface area contributed by atoms with Crippen molar-refractivity contribution in [1.82, 2.24) is 5.32 Å². The van der Waals surface area contributed by atoms with Crippen molar-refractivity contribution >= 4 is 11.9 Å². The Labute approximate surface area is 145 Å². The number of hydrogen-bond donors (Lipinski definition) is 1. The van der Waals surface area contributed by atoms with E-state index >= 15 is 0 Å². The third-order valence-electron chi connectivity index (χ3n) is 3.54. The fourth-order valence-corrected chi connectivity index (χ4v) is 2.18. The Hall–Kier alpha value is -2.96. The fourth-order valence-electron chi connectivity index (χ4n) is 2.18. The molecule has 1 atom stereocenters. The van der Waals surface area contributed by atoms with Crippen LogP contribution >= 0.6 is 0 Å². The maximum atomic E-state index is 12.0. The molecule has 25 heavy (non-hydrogen) atoms. The summed E-state index contributed by atoms with van der Waals surface area (Å²) in [6, 6.07) is 8.61. The molecule has 0 radical (unpaired) electrons. The van der Waals surface area contributed by atoms with Crippen molar-refractivity contribution < 1.29 is 28.2 Å². The molecule has 0 unspecified atom stereocenters. The minimum atomic E-state index is -0.914. The third-order valence-corrected chi connectivity index (χ3v) is 3.54. The van der Waals surface area contributed by atoms with Crippen LogP contribution in [0, 0.1) is 0 Å². The summed E-state index contributed by atoms with van der Waals surface area (Å²) in [5.41, 5.74) is 0.984. The van der Waals surface area contributed by atoms with Gasteiger partial charge in [-0.2, -0.15) is 0 Å². The van der Waals surface area contributed by atoms with E-state index in [1.54, 1.807) is 20.3 Å². The van der Waals surface area contributed by atoms with E-state index in [-0.39, 0.29) is 11.7 Å². The van der Waals surface area contributed by atoms with Gasteiger partial charge < -0.3 is 23.9 Å². The molecular weight excluding hydrogens is 326 g/mol. The molecule has 1 aromatic heterocycles. The van der Waals surface area contributed by atoms with Crippen LogP contribution in [-0.4, -0.2) is 38.7 Å². The van der Waals surface area contributed by atoms with Gasteiger partial charge in [-0.05, 0) is 43.2 Å². The molecule has 2 rings (SSSR count). The van der Waals surface area contributed by atoms with Crippen LogP contribution in [0.4, 0.5) is 0 Å². The highest BCUT2D eigenvalue weighted by Crippen LogP contribution is 2.27. The number of nitrogens with one attached hydrogen (secondary N) is 1. The van der Waals surface area contributed by atoms with E-state index in [4.69, 9.17) is 18.6 Å². The molecule has 1 heterocycles. The largest absolute Gasteiger partial charge is 0.493 e. The molecule has 0 aliphatic carbocycles. The quantitative estimate of drug-likeness (QED) is 0.737. The van der Waals surface area contributed by atoms with Gasteiger partial charge in [0.2, 0.25) is 5.76 Å². The van der Waals surface area contributed by atoms with Gasteiger partial charge in [-0.25, -0.2) is 4.79 Å². The first-order valence-corrected chi connectivity index (χ1v) is 7.78. The van der Waals surface area contributed by atoms with Gasteiger partial charge in [0, 0.05) is 6.54 Å². The highest BCUT2D eigenvalue weighted by Gasteiger charge is 2.20. The smallest absolute Gasteiger partial charge is 0.374 e. The standard InChI is InChI=1S/C18H21NO6/c1-12(25-18(21)15-5-4-10-24-15)17(20)19-9-8-13-6-7-14(22-2)16(11-13)23-3/h4-7,10-12H,8-9H2,1-3H3,(H,19,20)/t12-/m0/s1. The second kappa shape index (κ2) is 8.77. The summed E-state index contributed by atoms with van der Waals surface area (Å²) in [6.45, 7) is 1.91. The van der Waals surface area contributed by atoms with Crippen LogP contribution in [0.2, 0.25) is 0 Å². The molecule has 0 fully saturated rings. The molecular formula is C18H21NO6. The molecule has 1 N–H and O–H groups in total. The van der Waals surface area contributed by atoms with Crippen molar-refractivity contribution in [3.63, 3.8) is 0 Å². The van der Waals surface area contributed by atoms with Gasteiger partial charge in [-0.1, -0.05) is 6.07 Å². The average Bonchev–Trinajstić information content (AvgIpc) is 3.16. The van der Waals surface area contributed by atoms with Crippen molar-refractivity contribution in [3.05, 3.63) is 47.9 Å². The predicted octanol–water partition coefficient (Wildman–Crippen LogP) is 2.20. The Bertz CT molecular complexity index is 710. The van der Waals surface area contributed by atoms with Gasteiger partial charge in [0.1, 0.15) is 0 Å². The highest BCUT2D eigenvalue weighted by molar-refractivity contribution is 5.89. The molecule has 0 aliphatic heterocycles. The highest BCUT2D eigenvalue weighted by atomic mass is 16.6. The Morgan fingerprint density at radius 1 is 1.16 bits per heavy atom. The third kappa shape index (κ3) is 5.00. The predicted molar refractivity (Wildman–Crippen MR) is 89.8 cm³/mol. The van der Waals surface area contributed by atoms with Crippen LogP contribution in [0.5, 0.6) is 11.5 Å². The number of rotatable bonds is 8. The molecule has 1 aromatic carbocycles. The lowest BCUT2D eigenvalue weighted by Gasteiger charge is -2.13. The second-order valence-corrected chi connectivity index (χ2v) is 5.26. The molecule has 134 valence electrons. The molecule has 1 amide bonds. The Kier molecular flexibility index (Phi) is 6.45. The van der Waals surface area contributed by atoms with Crippen LogP contribution in [0.3, 0.4) is 0 Å². The normalized spacial score (nSPS) is 11.5. The van der Waals surface area contributed by atoms with E-state index < -0.39 is 12.1 Å². The van der Waals surface area contributed by atoms with E-state index in [1.165, 1.54) is 19.3 Å². The zero-order chi connectivity index (χ0) is 18.2. The summed E-state index contributed by atoms with van der Waals surface area (Å²) in [5, 5.41) is 2.73. The molecule has 0 spiro atoms. The monoisotopic (exact) mass is 347 g/mol. The summed E-state index contributed by atoms with van der Waals surface area (Å²) in [7, 11) is 3.14. The van der Waals surface area contributed by atoms with Crippen molar-refractivity contribution in [2.24, 2.45) is 0 Å². The van der Waals surface area contributed by atoms with E-state index in [1.807, 2.05) is 18.2 Å². The number of esters is 1. The lowest BCUT2D eigenvalue weighted by Crippen LogP contribution is -2.36. The van der Waals surface area contributed by atoms with Crippen LogP contribution in [-0.2, 0) is 16.0 Å². The number of carbonyl (C=O) groups is 2. The number of hydrogen-bond acceptors (Lipinski definition) is 6. The Balaban J connectivity index is 1.80. The van der Waals surface area contributed by atoms with E-state index in [0.717, 1.165) is 5.56 Å². The summed E-state index contributed by atoms with van der Waals surface area (Å²) in [5.74, 6) is 0.290. The van der Waals surface area contributed by atoms with Gasteiger partial charge in [-0.15, -0.1) is 0 Å². The Morgan fingerprint density at radius 3 is 2.56 bits per heavy atom. The zero-order valence-electron chi connectivity index (χ0n) is 14.4. The number of furan rings is 1. The molecule has 7 heteroatoms. The second-order valence-electron chi connectivity index (χ2n) is 5.26. The van der Waals surface area contributed by atoms with Gasteiger partial charge in [0.15, 0.2) is 17.6 Å². The fraction of sp³-hybridized carbons (Fsp3) is 0.333. The van der Waals surface area contributed by atoms with Gasteiger partial charge >= 0.3 is 5.97 Å². The molecule has 2 aromatic rings. The molecule has 7 nitrogen and oxygen atoms in total. The van der Waals surface area contributed by atoms with Crippen molar-refractivity contribution in [2.75, 3.05) is 20.8 Å². The van der Waals surface area contributed by atoms with E-state index in [2.05, 4.69) is 5.32 Å². The van der Waals surface area contributed by atoms with Crippen LogP contribution in [0.25, 0.3) is 0 Å². The SMILES string of the molecule is COc1ccc(CCNC(=O)[C@H](C)OC(=O)c2ccco2)cc1OC. The zero-order valence-corrected chi connectivity index (χ0v) is 14.4. The maximum Gasteiger partial charge on any atom is 0.374 e. The summed E-state index contributed by atoms with van der Waals surface area (Å²) in [6.07, 6.45) is 1.05. The molecule has 0 saturated carbocycles. The summed E-state index contributed by atoms with van der Waals surface area (Å²) < 4.78 is 20.4. The number of benzene rings is 1. The van der Waals surface area contributed by atoms with Crippen LogP contribution < -0.4 is 14.8 Å². The lowest BCUT2D eigenvalue weighted by atomic mass is 10.1. The van der Waals surface area contributed by atoms with Crippen molar-refractivity contribution in [3.8, 4) is 11.5 Å². The molecule has 0 bridgehead atoms. The summed E-state index contributed by atoms with van der Waals surface area (Å²) >= 11 is 0. The van der Waals surface area contributed by atoms with Gasteiger partial charge in [0.05, 0.1) is 20.5 Å². The maximum absolute atomic E-state index is 12.0. The minimum absolute atomic E-state index is 0.0602. The van der Waals surface area contributed by atoms with Crippen LogP contribution in [0.15, 0.2) is 41.0 Å². The van der Waals surface area contributed by atoms with Gasteiger partial charge in [-0.3, -0.25) is 4.79 Å². The lowest BCUT2D eigenvalue weighted by molar-refractivity contribution is -0.129. The number of carbonyl (C=O) groups excluding carboxylic acids is 2. The number of methoxy groups -OCH3 is 2. The Morgan fingerprint density at radius 2 is 1.92 bits per heavy atom. The van der Waals surface area contributed by atoms with E-state index in [9.17, 15) is 9.59 Å². The molecule has 0 saturated heterocycles. The number of ether oxygens (including phenoxy) is 3. The first kappa shape index (κ1) is 18.4. The van der Waals surface area contributed by atoms with Gasteiger partial charge in [0.25, 0.3) is 5.91 Å². The van der Waals surface area contributed by atoms with Crippen LogP contribution in [0.1, 0.15) is 23.0 Å². The topological polar surface area (TPSA) is 87.0 Å². The molecule has 0 aliphatic rings. The first-order chi connectivity index (χ1) is 12.0. The number of amides is 1. The van der Waals surface area contributed by atoms with Crippen molar-refractivity contribution in [1.29, 1.82) is 0 Å². The first-order valence-electron chi connectivity index (χ1n) is 7.78. The van der Waals surface area contributed by atoms with E-state index in [0.29, 0.717) is 24.5 Å². The van der Waals surface area contributed by atoms with Crippen molar-refractivity contribution in [2.45, 2.75) is 19.4 Å². The summed E-state index contributed by atoms with van der Waals surface area (Å²) in [4.78, 5) is 23.7.